The Morgan fingerprint density at radius 3 is 2.88 bits per heavy atom. The fraction of sp³-hybridized carbons (Fsp3) is 0.750. The van der Waals surface area contributed by atoms with Crippen LogP contribution in [0.4, 0.5) is 4.79 Å². The molecule has 0 bridgehead atoms. The number of rotatable bonds is 6. The van der Waals surface area contributed by atoms with Gasteiger partial charge in [0, 0.05) is 39.8 Å². The summed E-state index contributed by atoms with van der Waals surface area (Å²) in [6, 6.07) is 0.247. The smallest absolute Gasteiger partial charge is 0.317 e. The Balaban J connectivity index is 1.91. The zero-order chi connectivity index (χ0) is 17.5. The molecule has 0 saturated carbocycles. The van der Waals surface area contributed by atoms with Crippen LogP contribution in [0.3, 0.4) is 0 Å². The van der Waals surface area contributed by atoms with Crippen LogP contribution in [-0.2, 0) is 6.54 Å². The highest BCUT2D eigenvalue weighted by Gasteiger charge is 2.26. The number of hydrogen-bond donors (Lipinski definition) is 1. The van der Waals surface area contributed by atoms with Crippen molar-refractivity contribution in [1.82, 2.24) is 30.1 Å². The summed E-state index contributed by atoms with van der Waals surface area (Å²) in [4.78, 5) is 27.6. The maximum Gasteiger partial charge on any atom is 0.317 e. The number of nitrogens with zero attached hydrogens (tertiary/aromatic N) is 5. The zero-order valence-corrected chi connectivity index (χ0v) is 14.9. The van der Waals surface area contributed by atoms with Gasteiger partial charge in [0.1, 0.15) is 0 Å². The highest BCUT2D eigenvalue weighted by Crippen LogP contribution is 2.20. The van der Waals surface area contributed by atoms with Gasteiger partial charge in [-0.1, -0.05) is 12.1 Å². The molecule has 0 aromatic carbocycles. The summed E-state index contributed by atoms with van der Waals surface area (Å²) in [6.07, 6.45) is 6.64. The van der Waals surface area contributed by atoms with Crippen molar-refractivity contribution in [2.24, 2.45) is 0 Å². The van der Waals surface area contributed by atoms with E-state index in [1.165, 1.54) is 4.90 Å². The third-order valence-corrected chi connectivity index (χ3v) is 4.27. The number of aromatic nitrogens is 3. The average molecular weight is 336 g/mol. The number of carbonyl (C=O) groups is 2. The summed E-state index contributed by atoms with van der Waals surface area (Å²) >= 11 is 0. The fourth-order valence-corrected chi connectivity index (χ4v) is 2.92. The molecular formula is C16H28N6O2. The molecule has 8 heteroatoms. The lowest BCUT2D eigenvalue weighted by molar-refractivity contribution is 0.0822. The second-order valence-electron chi connectivity index (χ2n) is 6.43. The second kappa shape index (κ2) is 8.65. The Hall–Kier alpha value is -2.12. The van der Waals surface area contributed by atoms with Gasteiger partial charge >= 0.3 is 6.03 Å². The van der Waals surface area contributed by atoms with Crippen LogP contribution in [0, 0.1) is 0 Å². The zero-order valence-electron chi connectivity index (χ0n) is 14.9. The van der Waals surface area contributed by atoms with Crippen LogP contribution in [-0.4, -0.2) is 70.0 Å². The maximum atomic E-state index is 12.3. The molecule has 2 rings (SSSR count). The minimum Gasteiger partial charge on any atom is -0.343 e. The largest absolute Gasteiger partial charge is 0.343 e. The lowest BCUT2D eigenvalue weighted by atomic mass is 10.00. The first kappa shape index (κ1) is 18.2. The number of carbonyl (C=O) groups excluding carboxylic acids is 2. The minimum atomic E-state index is -0.153. The van der Waals surface area contributed by atoms with Gasteiger partial charge < -0.3 is 15.1 Å². The molecule has 1 N–H and O–H groups in total. The van der Waals surface area contributed by atoms with E-state index in [4.69, 9.17) is 0 Å². The van der Waals surface area contributed by atoms with Crippen molar-refractivity contribution in [1.29, 1.82) is 0 Å². The van der Waals surface area contributed by atoms with Crippen molar-refractivity contribution in [2.75, 3.05) is 27.2 Å². The average Bonchev–Trinajstić information content (AvgIpc) is 3.06. The molecule has 0 spiro atoms. The van der Waals surface area contributed by atoms with E-state index in [1.807, 2.05) is 11.8 Å². The molecule has 0 radical (unpaired) electrons. The van der Waals surface area contributed by atoms with Gasteiger partial charge in [0.25, 0.3) is 5.91 Å². The molecule has 1 atom stereocenters. The molecular weight excluding hydrogens is 308 g/mol. The molecule has 1 aromatic heterocycles. The van der Waals surface area contributed by atoms with Crippen molar-refractivity contribution < 1.29 is 9.59 Å². The highest BCUT2D eigenvalue weighted by molar-refractivity contribution is 5.91. The molecule has 1 aliphatic heterocycles. The lowest BCUT2D eigenvalue weighted by Crippen LogP contribution is -2.49. The fourth-order valence-electron chi connectivity index (χ4n) is 2.92. The van der Waals surface area contributed by atoms with Gasteiger partial charge in [0.15, 0.2) is 5.69 Å². The van der Waals surface area contributed by atoms with Crippen LogP contribution in [0.5, 0.6) is 0 Å². The standard InChI is InChI=1S/C16H28N6O2/c1-4-9-17-16(24)22-10-6-5-7-13(22)8-11-21-12-14(18-19-21)15(23)20(2)3/h12-13H,4-11H2,1-3H3,(H,17,24). The predicted molar refractivity (Wildman–Crippen MR) is 90.7 cm³/mol. The van der Waals surface area contributed by atoms with Crippen LogP contribution >= 0.6 is 0 Å². The maximum absolute atomic E-state index is 12.3. The van der Waals surface area contributed by atoms with E-state index in [-0.39, 0.29) is 18.0 Å². The van der Waals surface area contributed by atoms with E-state index in [9.17, 15) is 9.59 Å². The predicted octanol–water partition coefficient (Wildman–Crippen LogP) is 1.34. The summed E-state index contributed by atoms with van der Waals surface area (Å²) in [5.41, 5.74) is 0.348. The molecule has 0 aliphatic carbocycles. The normalized spacial score (nSPS) is 17.6. The highest BCUT2D eigenvalue weighted by atomic mass is 16.2. The number of aryl methyl sites for hydroxylation is 1. The van der Waals surface area contributed by atoms with Gasteiger partial charge in [-0.05, 0) is 32.1 Å². The van der Waals surface area contributed by atoms with Gasteiger partial charge in [-0.2, -0.15) is 0 Å². The van der Waals surface area contributed by atoms with Crippen LogP contribution in [0.25, 0.3) is 0 Å². The Morgan fingerprint density at radius 2 is 2.17 bits per heavy atom. The van der Waals surface area contributed by atoms with Crippen LogP contribution in [0.1, 0.15) is 49.5 Å². The van der Waals surface area contributed by atoms with E-state index in [1.54, 1.807) is 25.0 Å². The minimum absolute atomic E-state index is 0.0311. The van der Waals surface area contributed by atoms with E-state index >= 15 is 0 Å². The molecule has 134 valence electrons. The summed E-state index contributed by atoms with van der Waals surface area (Å²) in [7, 11) is 3.38. The SMILES string of the molecule is CCCNC(=O)N1CCCCC1CCn1cc(C(=O)N(C)C)nn1. The number of nitrogens with one attached hydrogen (secondary N) is 1. The summed E-state index contributed by atoms with van der Waals surface area (Å²) in [5.74, 6) is -0.153. The lowest BCUT2D eigenvalue weighted by Gasteiger charge is -2.35. The van der Waals surface area contributed by atoms with E-state index in [0.29, 0.717) is 18.8 Å². The topological polar surface area (TPSA) is 83.4 Å². The Morgan fingerprint density at radius 1 is 1.38 bits per heavy atom. The number of piperidine rings is 1. The van der Waals surface area contributed by atoms with Crippen LogP contribution in [0.2, 0.25) is 0 Å². The number of amides is 3. The molecule has 2 heterocycles. The van der Waals surface area contributed by atoms with Gasteiger partial charge in [-0.25, -0.2) is 4.79 Å². The first-order chi connectivity index (χ1) is 11.5. The van der Waals surface area contributed by atoms with Gasteiger partial charge in [0.05, 0.1) is 6.20 Å². The van der Waals surface area contributed by atoms with Crippen molar-refractivity contribution in [3.05, 3.63) is 11.9 Å². The summed E-state index contributed by atoms with van der Waals surface area (Å²) in [5, 5.41) is 10.9. The number of urea groups is 1. The molecule has 1 saturated heterocycles. The molecule has 1 aromatic rings. The Bertz CT molecular complexity index is 557. The van der Waals surface area contributed by atoms with Gasteiger partial charge in [-0.15, -0.1) is 5.10 Å². The number of likely N-dealkylation sites (tertiary alicyclic amines) is 1. The van der Waals surface area contributed by atoms with Gasteiger partial charge in [0.2, 0.25) is 0 Å². The molecule has 1 aliphatic rings. The quantitative estimate of drug-likeness (QED) is 0.850. The Labute approximate surface area is 143 Å². The van der Waals surface area contributed by atoms with E-state index < -0.39 is 0 Å². The van der Waals surface area contributed by atoms with E-state index in [2.05, 4.69) is 15.6 Å². The van der Waals surface area contributed by atoms with E-state index in [0.717, 1.165) is 38.6 Å². The second-order valence-corrected chi connectivity index (χ2v) is 6.43. The summed E-state index contributed by atoms with van der Waals surface area (Å²) < 4.78 is 1.69. The van der Waals surface area contributed by atoms with Crippen LogP contribution < -0.4 is 5.32 Å². The van der Waals surface area contributed by atoms with Crippen molar-refractivity contribution in [2.45, 2.75) is 51.6 Å². The summed E-state index contributed by atoms with van der Waals surface area (Å²) in [6.45, 7) is 4.21. The third kappa shape index (κ3) is 4.69. The van der Waals surface area contributed by atoms with Crippen LogP contribution in [0.15, 0.2) is 6.20 Å². The molecule has 1 fully saturated rings. The molecule has 24 heavy (non-hydrogen) atoms. The molecule has 1 unspecified atom stereocenters. The number of hydrogen-bond acceptors (Lipinski definition) is 4. The third-order valence-electron chi connectivity index (χ3n) is 4.27. The first-order valence-corrected chi connectivity index (χ1v) is 8.69. The van der Waals surface area contributed by atoms with Crippen molar-refractivity contribution >= 4 is 11.9 Å². The molecule has 3 amide bonds. The first-order valence-electron chi connectivity index (χ1n) is 8.69. The molecule has 8 nitrogen and oxygen atoms in total. The van der Waals surface area contributed by atoms with Crippen molar-refractivity contribution in [3.8, 4) is 0 Å². The van der Waals surface area contributed by atoms with Crippen molar-refractivity contribution in [3.63, 3.8) is 0 Å². The Kier molecular flexibility index (Phi) is 6.57. The van der Waals surface area contributed by atoms with Gasteiger partial charge in [-0.3, -0.25) is 9.48 Å². The monoisotopic (exact) mass is 336 g/mol.